The number of hydrogen-bond acceptors (Lipinski definition) is 2. The van der Waals surface area contributed by atoms with Gasteiger partial charge in [-0.2, -0.15) is 0 Å². The molecule has 0 aromatic heterocycles. The van der Waals surface area contributed by atoms with Gasteiger partial charge in [0.2, 0.25) is 5.91 Å². The van der Waals surface area contributed by atoms with Crippen molar-refractivity contribution in [3.8, 4) is 0 Å². The Bertz CT molecular complexity index is 438. The Morgan fingerprint density at radius 1 is 1.27 bits per heavy atom. The SMILES string of the molecule is CCNC(=NCCCC(=O)NC1CC1)N1CC(C)(C)C1(C)C. The Balaban J connectivity index is 1.81. The summed E-state index contributed by atoms with van der Waals surface area (Å²) in [5, 5.41) is 6.41. The second-order valence-corrected chi connectivity index (χ2v) is 7.71. The van der Waals surface area contributed by atoms with Gasteiger partial charge < -0.3 is 15.5 Å². The highest BCUT2D eigenvalue weighted by atomic mass is 16.1. The molecule has 1 aliphatic heterocycles. The van der Waals surface area contributed by atoms with E-state index in [0.29, 0.717) is 24.4 Å². The summed E-state index contributed by atoms with van der Waals surface area (Å²) in [6.07, 6.45) is 3.68. The van der Waals surface area contributed by atoms with Crippen molar-refractivity contribution in [3.63, 3.8) is 0 Å². The van der Waals surface area contributed by atoms with E-state index in [0.717, 1.165) is 38.3 Å². The molecule has 1 aliphatic carbocycles. The van der Waals surface area contributed by atoms with Gasteiger partial charge in [-0.25, -0.2) is 0 Å². The van der Waals surface area contributed by atoms with Crippen LogP contribution in [0.1, 0.15) is 60.3 Å². The van der Waals surface area contributed by atoms with Crippen LogP contribution in [0.25, 0.3) is 0 Å². The molecule has 5 heteroatoms. The molecule has 5 nitrogen and oxygen atoms in total. The van der Waals surface area contributed by atoms with Gasteiger partial charge in [-0.1, -0.05) is 13.8 Å². The normalized spacial score (nSPS) is 23.0. The van der Waals surface area contributed by atoms with Crippen LogP contribution in [0.2, 0.25) is 0 Å². The van der Waals surface area contributed by atoms with Crippen LogP contribution < -0.4 is 10.6 Å². The molecule has 2 rings (SSSR count). The van der Waals surface area contributed by atoms with Gasteiger partial charge in [0, 0.05) is 43.1 Å². The Morgan fingerprint density at radius 2 is 1.95 bits per heavy atom. The molecule has 22 heavy (non-hydrogen) atoms. The maximum atomic E-state index is 11.7. The molecule has 0 aromatic carbocycles. The summed E-state index contributed by atoms with van der Waals surface area (Å²) in [5.74, 6) is 1.16. The third-order valence-electron chi connectivity index (χ3n) is 5.24. The Hall–Kier alpha value is -1.26. The van der Waals surface area contributed by atoms with Crippen LogP contribution in [0.15, 0.2) is 4.99 Å². The first kappa shape index (κ1) is 17.1. The first-order chi connectivity index (χ1) is 10.3. The molecule has 0 bridgehead atoms. The van der Waals surface area contributed by atoms with Crippen LogP contribution >= 0.6 is 0 Å². The van der Waals surface area contributed by atoms with Gasteiger partial charge in [0.25, 0.3) is 0 Å². The lowest BCUT2D eigenvalue weighted by Gasteiger charge is -2.62. The third kappa shape index (κ3) is 3.73. The number of hydrogen-bond donors (Lipinski definition) is 2. The highest BCUT2D eigenvalue weighted by Gasteiger charge is 2.53. The zero-order valence-electron chi connectivity index (χ0n) is 14.8. The zero-order valence-corrected chi connectivity index (χ0v) is 14.8. The number of rotatable bonds is 6. The summed E-state index contributed by atoms with van der Waals surface area (Å²) in [6, 6.07) is 0.456. The van der Waals surface area contributed by atoms with Gasteiger partial charge in [-0.3, -0.25) is 9.79 Å². The second-order valence-electron chi connectivity index (χ2n) is 7.71. The fraction of sp³-hybridized carbons (Fsp3) is 0.882. The number of likely N-dealkylation sites (tertiary alicyclic amines) is 1. The fourth-order valence-electron chi connectivity index (χ4n) is 2.75. The Morgan fingerprint density at radius 3 is 2.45 bits per heavy atom. The maximum absolute atomic E-state index is 11.7. The van der Waals surface area contributed by atoms with Crippen LogP contribution in [0.4, 0.5) is 0 Å². The molecule has 1 saturated carbocycles. The Labute approximate surface area is 134 Å². The van der Waals surface area contributed by atoms with E-state index >= 15 is 0 Å². The zero-order chi connectivity index (χ0) is 16.4. The van der Waals surface area contributed by atoms with Gasteiger partial charge in [0.05, 0.1) is 0 Å². The lowest BCUT2D eigenvalue weighted by Crippen LogP contribution is -2.72. The van der Waals surface area contributed by atoms with Crippen molar-refractivity contribution in [2.24, 2.45) is 10.4 Å². The van der Waals surface area contributed by atoms with Crippen LogP contribution in [-0.4, -0.2) is 48.0 Å². The summed E-state index contributed by atoms with van der Waals surface area (Å²) >= 11 is 0. The average molecular weight is 308 g/mol. The molecule has 1 saturated heterocycles. The minimum absolute atomic E-state index is 0.108. The van der Waals surface area contributed by atoms with Gasteiger partial charge in [0.1, 0.15) is 0 Å². The van der Waals surface area contributed by atoms with Crippen molar-refractivity contribution in [2.75, 3.05) is 19.6 Å². The number of amides is 1. The third-order valence-corrected chi connectivity index (χ3v) is 5.24. The predicted molar refractivity (Wildman–Crippen MR) is 90.9 cm³/mol. The maximum Gasteiger partial charge on any atom is 0.220 e. The second kappa shape index (κ2) is 6.47. The molecule has 0 spiro atoms. The average Bonchev–Trinajstić information content (AvgIpc) is 3.24. The van der Waals surface area contributed by atoms with E-state index in [9.17, 15) is 4.79 Å². The van der Waals surface area contributed by atoms with Gasteiger partial charge in [0.15, 0.2) is 5.96 Å². The minimum Gasteiger partial charge on any atom is -0.356 e. The molecule has 0 radical (unpaired) electrons. The van der Waals surface area contributed by atoms with Gasteiger partial charge >= 0.3 is 0 Å². The monoisotopic (exact) mass is 308 g/mol. The summed E-state index contributed by atoms with van der Waals surface area (Å²) in [5.41, 5.74) is 0.407. The largest absolute Gasteiger partial charge is 0.356 e. The van der Waals surface area contributed by atoms with E-state index in [1.54, 1.807) is 0 Å². The van der Waals surface area contributed by atoms with E-state index in [1.807, 2.05) is 0 Å². The number of carbonyl (C=O) groups excluding carboxylic acids is 1. The van der Waals surface area contributed by atoms with Crippen molar-refractivity contribution in [1.29, 1.82) is 0 Å². The van der Waals surface area contributed by atoms with E-state index in [1.165, 1.54) is 0 Å². The van der Waals surface area contributed by atoms with Crippen molar-refractivity contribution in [1.82, 2.24) is 15.5 Å². The molecule has 1 amide bonds. The van der Waals surface area contributed by atoms with Crippen LogP contribution in [0, 0.1) is 5.41 Å². The predicted octanol–water partition coefficient (Wildman–Crippen LogP) is 2.13. The summed E-state index contributed by atoms with van der Waals surface area (Å²) in [6.45, 7) is 13.8. The standard InChI is InChI=1S/C17H32N4O/c1-6-18-15(21-12-16(2,3)17(21,4)5)19-11-7-8-14(22)20-13-9-10-13/h13H,6-12H2,1-5H3,(H,18,19)(H,20,22). The first-order valence-electron chi connectivity index (χ1n) is 8.63. The van der Waals surface area contributed by atoms with Crippen LogP contribution in [-0.2, 0) is 4.79 Å². The molecule has 1 heterocycles. The molecule has 0 aromatic rings. The molecule has 0 unspecified atom stereocenters. The van der Waals surface area contributed by atoms with Crippen molar-refractivity contribution < 1.29 is 4.79 Å². The van der Waals surface area contributed by atoms with Gasteiger partial charge in [-0.15, -0.1) is 0 Å². The number of nitrogens with one attached hydrogen (secondary N) is 2. The van der Waals surface area contributed by atoms with Crippen molar-refractivity contribution in [2.45, 2.75) is 71.9 Å². The van der Waals surface area contributed by atoms with E-state index in [2.05, 4.69) is 50.2 Å². The summed E-state index contributed by atoms with van der Waals surface area (Å²) in [4.78, 5) is 18.7. The number of carbonyl (C=O) groups is 1. The lowest BCUT2D eigenvalue weighted by atomic mass is 9.65. The summed E-state index contributed by atoms with van der Waals surface area (Å²) < 4.78 is 0. The van der Waals surface area contributed by atoms with Gasteiger partial charge in [-0.05, 0) is 40.0 Å². The quantitative estimate of drug-likeness (QED) is 0.449. The number of guanidine groups is 1. The van der Waals surface area contributed by atoms with E-state index < -0.39 is 0 Å². The molecule has 2 fully saturated rings. The highest BCUT2D eigenvalue weighted by Crippen LogP contribution is 2.46. The van der Waals surface area contributed by atoms with E-state index in [-0.39, 0.29) is 11.4 Å². The Kier molecular flexibility index (Phi) is 5.03. The van der Waals surface area contributed by atoms with Crippen LogP contribution in [0.5, 0.6) is 0 Å². The van der Waals surface area contributed by atoms with E-state index in [4.69, 9.17) is 4.99 Å². The molecule has 2 N–H and O–H groups in total. The molecule has 0 atom stereocenters. The fourth-order valence-corrected chi connectivity index (χ4v) is 2.75. The topological polar surface area (TPSA) is 56.7 Å². The lowest BCUT2D eigenvalue weighted by molar-refractivity contribution is -0.121. The smallest absolute Gasteiger partial charge is 0.220 e. The molecular formula is C17H32N4O. The molecule has 2 aliphatic rings. The molecular weight excluding hydrogens is 276 g/mol. The number of aliphatic imine (C=N–C) groups is 1. The molecule has 126 valence electrons. The minimum atomic E-state index is 0.108. The highest BCUT2D eigenvalue weighted by molar-refractivity contribution is 5.82. The first-order valence-corrected chi connectivity index (χ1v) is 8.63. The number of nitrogens with zero attached hydrogens (tertiary/aromatic N) is 2. The summed E-state index contributed by atoms with van der Waals surface area (Å²) in [7, 11) is 0. The van der Waals surface area contributed by atoms with Crippen molar-refractivity contribution >= 4 is 11.9 Å². The van der Waals surface area contributed by atoms with Crippen LogP contribution in [0.3, 0.4) is 0 Å². The van der Waals surface area contributed by atoms with Crippen molar-refractivity contribution in [3.05, 3.63) is 0 Å².